The van der Waals surface area contributed by atoms with Gasteiger partial charge in [-0.2, -0.15) is 0 Å². The Hall–Kier alpha value is -3.20. The second-order valence-corrected chi connectivity index (χ2v) is 11.2. The highest BCUT2D eigenvalue weighted by Gasteiger charge is 2.68. The van der Waals surface area contributed by atoms with Crippen LogP contribution in [-0.4, -0.2) is 21.3 Å². The third-order valence-electron chi connectivity index (χ3n) is 10.2. The van der Waals surface area contributed by atoms with Gasteiger partial charge in [-0.05, 0) is 113 Å². The molecule has 184 valence electrons. The summed E-state index contributed by atoms with van der Waals surface area (Å²) in [6.07, 6.45) is 6.64. The van der Waals surface area contributed by atoms with Gasteiger partial charge < -0.3 is 14.2 Å². The predicted octanol–water partition coefficient (Wildman–Crippen LogP) is 7.00. The van der Waals surface area contributed by atoms with E-state index in [1.165, 1.54) is 36.0 Å². The minimum Gasteiger partial charge on any atom is -0.497 e. The number of methoxy groups -OCH3 is 3. The first kappa shape index (κ1) is 22.0. The topological polar surface area (TPSA) is 27.7 Å². The number of hydrogen-bond donors (Lipinski definition) is 0. The van der Waals surface area contributed by atoms with E-state index in [9.17, 15) is 0 Å². The van der Waals surface area contributed by atoms with Gasteiger partial charge in [-0.25, -0.2) is 0 Å². The molecule has 0 aromatic heterocycles. The second kappa shape index (κ2) is 8.16. The van der Waals surface area contributed by atoms with Crippen molar-refractivity contribution in [1.82, 2.24) is 0 Å². The summed E-state index contributed by atoms with van der Waals surface area (Å²) in [5.41, 5.74) is 5.83. The molecular weight excluding hydrogens is 444 g/mol. The summed E-state index contributed by atoms with van der Waals surface area (Å²) in [6.45, 7) is 0. The zero-order chi connectivity index (χ0) is 24.4. The van der Waals surface area contributed by atoms with Gasteiger partial charge in [0.25, 0.3) is 0 Å². The van der Waals surface area contributed by atoms with Crippen LogP contribution in [0.1, 0.15) is 36.0 Å². The van der Waals surface area contributed by atoms with Crippen molar-refractivity contribution in [1.29, 1.82) is 0 Å². The van der Waals surface area contributed by atoms with Crippen LogP contribution in [0.3, 0.4) is 0 Å². The van der Waals surface area contributed by atoms with Crippen molar-refractivity contribution >= 4 is 5.57 Å². The van der Waals surface area contributed by atoms with Crippen LogP contribution in [0.2, 0.25) is 0 Å². The van der Waals surface area contributed by atoms with Gasteiger partial charge in [0, 0.05) is 5.41 Å². The predicted molar refractivity (Wildman–Crippen MR) is 143 cm³/mol. The van der Waals surface area contributed by atoms with Gasteiger partial charge in [0.1, 0.15) is 17.2 Å². The van der Waals surface area contributed by atoms with Crippen LogP contribution < -0.4 is 14.2 Å². The first-order valence-corrected chi connectivity index (χ1v) is 13.3. The SMILES string of the molecule is COc1ccc(C2=CC3C4CC(c5ccc(OC)cc5)(c5ccc(OC)cc5)C5C4CCC3C25)cc1. The lowest BCUT2D eigenvalue weighted by Gasteiger charge is -2.52. The summed E-state index contributed by atoms with van der Waals surface area (Å²) in [5, 5.41) is 0. The molecule has 36 heavy (non-hydrogen) atoms. The third kappa shape index (κ3) is 2.92. The molecular formula is C33H34O3. The monoisotopic (exact) mass is 478 g/mol. The molecule has 0 amide bonds. The molecule has 5 aliphatic rings. The Morgan fingerprint density at radius 3 is 1.64 bits per heavy atom. The number of rotatable bonds is 6. The Balaban J connectivity index is 1.40. The van der Waals surface area contributed by atoms with Crippen molar-refractivity contribution in [3.05, 3.63) is 95.6 Å². The summed E-state index contributed by atoms with van der Waals surface area (Å²) in [7, 11) is 5.24. The molecule has 6 bridgehead atoms. The smallest absolute Gasteiger partial charge is 0.118 e. The van der Waals surface area contributed by atoms with Gasteiger partial charge in [0.15, 0.2) is 0 Å². The van der Waals surface area contributed by atoms with Gasteiger partial charge >= 0.3 is 0 Å². The van der Waals surface area contributed by atoms with E-state index in [2.05, 4.69) is 78.9 Å². The van der Waals surface area contributed by atoms with Crippen LogP contribution in [0, 0.1) is 35.5 Å². The van der Waals surface area contributed by atoms with E-state index >= 15 is 0 Å². The van der Waals surface area contributed by atoms with Gasteiger partial charge in [0.05, 0.1) is 21.3 Å². The van der Waals surface area contributed by atoms with Crippen molar-refractivity contribution in [3.63, 3.8) is 0 Å². The van der Waals surface area contributed by atoms with Crippen LogP contribution in [-0.2, 0) is 5.41 Å². The van der Waals surface area contributed by atoms with Gasteiger partial charge in [0.2, 0.25) is 0 Å². The number of hydrogen-bond acceptors (Lipinski definition) is 3. The molecule has 3 heteroatoms. The fourth-order valence-electron chi connectivity index (χ4n) is 8.89. The van der Waals surface area contributed by atoms with E-state index < -0.39 is 0 Å². The van der Waals surface area contributed by atoms with Crippen molar-refractivity contribution in [2.75, 3.05) is 21.3 Å². The number of ether oxygens (including phenoxy) is 3. The first-order chi connectivity index (χ1) is 17.7. The van der Waals surface area contributed by atoms with Crippen molar-refractivity contribution in [2.45, 2.75) is 24.7 Å². The summed E-state index contributed by atoms with van der Waals surface area (Å²) < 4.78 is 16.6. The van der Waals surface area contributed by atoms with E-state index in [-0.39, 0.29) is 5.41 Å². The zero-order valence-electron chi connectivity index (χ0n) is 21.3. The molecule has 4 saturated carbocycles. The molecule has 0 spiro atoms. The van der Waals surface area contributed by atoms with Crippen LogP contribution in [0.25, 0.3) is 5.57 Å². The van der Waals surface area contributed by atoms with Gasteiger partial charge in [-0.1, -0.05) is 42.5 Å². The lowest BCUT2D eigenvalue weighted by Crippen LogP contribution is -2.47. The highest BCUT2D eigenvalue weighted by molar-refractivity contribution is 5.73. The molecule has 6 atom stereocenters. The standard InChI is InChI=1S/C33H34O3/c1-34-23-10-4-20(5-11-23)28-18-29-26-16-17-27-30(29)19-33(32(27)31(26)28,21-6-12-24(35-2)13-7-21)22-8-14-25(36-3)15-9-22/h4-15,18,26-27,29-32H,16-17,19H2,1-3H3. The van der Waals surface area contributed by atoms with E-state index in [1.54, 1.807) is 26.9 Å². The van der Waals surface area contributed by atoms with Gasteiger partial charge in [-0.3, -0.25) is 0 Å². The Bertz CT molecular complexity index is 1240. The molecule has 5 aliphatic carbocycles. The maximum Gasteiger partial charge on any atom is 0.118 e. The Morgan fingerprint density at radius 2 is 1.11 bits per heavy atom. The number of fused-ring (bicyclic) bond motifs is 1. The van der Waals surface area contributed by atoms with Gasteiger partial charge in [-0.15, -0.1) is 0 Å². The summed E-state index contributed by atoms with van der Waals surface area (Å²) in [5.74, 6) is 6.92. The zero-order valence-corrected chi connectivity index (χ0v) is 21.3. The average Bonchev–Trinajstić information content (AvgIpc) is 3.44. The molecule has 0 radical (unpaired) electrons. The molecule has 0 aliphatic heterocycles. The first-order valence-electron chi connectivity index (χ1n) is 13.3. The molecule has 6 unspecified atom stereocenters. The normalized spacial score (nSPS) is 30.7. The molecule has 0 N–H and O–H groups in total. The fourth-order valence-corrected chi connectivity index (χ4v) is 8.89. The quantitative estimate of drug-likeness (QED) is 0.382. The minimum absolute atomic E-state index is 0.00204. The summed E-state index contributed by atoms with van der Waals surface area (Å²) >= 11 is 0. The molecule has 3 aromatic rings. The maximum atomic E-state index is 5.54. The Labute approximate surface area is 214 Å². The number of benzene rings is 3. The lowest BCUT2D eigenvalue weighted by atomic mass is 9.52. The third-order valence-corrected chi connectivity index (χ3v) is 10.2. The second-order valence-electron chi connectivity index (χ2n) is 11.2. The fraction of sp³-hybridized carbons (Fsp3) is 0.394. The highest BCUT2D eigenvalue weighted by atomic mass is 16.5. The average molecular weight is 479 g/mol. The van der Waals surface area contributed by atoms with Crippen LogP contribution >= 0.6 is 0 Å². The highest BCUT2D eigenvalue weighted by Crippen LogP contribution is 2.74. The molecule has 3 aromatic carbocycles. The molecule has 0 saturated heterocycles. The van der Waals surface area contributed by atoms with Crippen LogP contribution in [0.15, 0.2) is 78.9 Å². The van der Waals surface area contributed by atoms with Crippen molar-refractivity contribution in [3.8, 4) is 17.2 Å². The van der Waals surface area contributed by atoms with Crippen LogP contribution in [0.4, 0.5) is 0 Å². The maximum absolute atomic E-state index is 5.54. The van der Waals surface area contributed by atoms with E-state index in [4.69, 9.17) is 14.2 Å². The molecule has 8 rings (SSSR count). The van der Waals surface area contributed by atoms with E-state index in [0.717, 1.165) is 35.0 Å². The van der Waals surface area contributed by atoms with E-state index in [1.807, 2.05) is 0 Å². The van der Waals surface area contributed by atoms with Crippen molar-refractivity contribution < 1.29 is 14.2 Å². The molecule has 3 nitrogen and oxygen atoms in total. The van der Waals surface area contributed by atoms with Crippen molar-refractivity contribution in [2.24, 2.45) is 35.5 Å². The molecule has 0 heterocycles. The summed E-state index contributed by atoms with van der Waals surface area (Å²) in [6, 6.07) is 26.7. The minimum atomic E-state index is -0.00204. The summed E-state index contributed by atoms with van der Waals surface area (Å²) in [4.78, 5) is 0. The Morgan fingerprint density at radius 1 is 0.611 bits per heavy atom. The largest absolute Gasteiger partial charge is 0.497 e. The van der Waals surface area contributed by atoms with E-state index in [0.29, 0.717) is 17.8 Å². The lowest BCUT2D eigenvalue weighted by molar-refractivity contribution is 0.0146. The number of allylic oxidation sites excluding steroid dienone is 2. The molecule has 4 fully saturated rings. The van der Waals surface area contributed by atoms with Crippen LogP contribution in [0.5, 0.6) is 17.2 Å². The Kier molecular flexibility index (Phi) is 4.99.